The Hall–Kier alpha value is 0.590. The Morgan fingerprint density at radius 3 is 1.71 bits per heavy atom. The molecule has 0 saturated carbocycles. The van der Waals surface area contributed by atoms with Crippen molar-refractivity contribution in [3.8, 4) is 0 Å². The number of carbonyl (C=O) groups is 1. The summed E-state index contributed by atoms with van der Waals surface area (Å²) in [5.74, 6) is -2.07. The number of alkyl halides is 2. The van der Waals surface area contributed by atoms with Crippen LogP contribution >= 0.6 is 0 Å². The number of carboxylic acid groups (broad SMARTS) is 1. The SMILES string of the molecule is O=C(O)C(F)F.[CaH2]. The molecule has 0 aromatic carbocycles. The molecule has 0 heterocycles. The number of aliphatic carboxylic acids is 1. The molecule has 0 saturated heterocycles. The van der Waals surface area contributed by atoms with Gasteiger partial charge >= 0.3 is 50.1 Å². The molecule has 0 fully saturated rings. The second kappa shape index (κ2) is 4.74. The van der Waals surface area contributed by atoms with E-state index in [1.54, 1.807) is 0 Å². The molecule has 7 heavy (non-hydrogen) atoms. The summed E-state index contributed by atoms with van der Waals surface area (Å²) in [5.41, 5.74) is 0. The minimum absolute atomic E-state index is 0. The van der Waals surface area contributed by atoms with E-state index in [1.165, 1.54) is 0 Å². The maximum atomic E-state index is 10.6. The fourth-order valence-corrected chi connectivity index (χ4v) is 0. The van der Waals surface area contributed by atoms with E-state index in [4.69, 9.17) is 9.90 Å². The van der Waals surface area contributed by atoms with Crippen molar-refractivity contribution < 1.29 is 18.7 Å². The summed E-state index contributed by atoms with van der Waals surface area (Å²) in [4.78, 5) is 8.95. The van der Waals surface area contributed by atoms with E-state index in [0.29, 0.717) is 0 Å². The van der Waals surface area contributed by atoms with Crippen LogP contribution in [0, 0.1) is 0 Å². The monoisotopic (exact) mass is 138 g/mol. The molecule has 0 atom stereocenters. The third-order valence-corrected chi connectivity index (χ3v) is 0.187. The molecule has 0 aliphatic rings. The van der Waals surface area contributed by atoms with Crippen LogP contribution in [0.2, 0.25) is 0 Å². The third-order valence-electron chi connectivity index (χ3n) is 0.187. The molecule has 0 aliphatic heterocycles. The van der Waals surface area contributed by atoms with Crippen LogP contribution in [0.15, 0.2) is 0 Å². The first-order chi connectivity index (χ1) is 2.64. The van der Waals surface area contributed by atoms with E-state index < -0.39 is 12.4 Å². The van der Waals surface area contributed by atoms with Gasteiger partial charge in [-0.05, 0) is 0 Å². The van der Waals surface area contributed by atoms with Gasteiger partial charge in [-0.1, -0.05) is 0 Å². The Bertz CT molecular complexity index is 64.7. The second-order valence-corrected chi connectivity index (χ2v) is 0.639. The van der Waals surface area contributed by atoms with Crippen LogP contribution in [0.4, 0.5) is 8.78 Å². The van der Waals surface area contributed by atoms with Crippen molar-refractivity contribution in [1.82, 2.24) is 0 Å². The van der Waals surface area contributed by atoms with E-state index in [0.717, 1.165) is 0 Å². The van der Waals surface area contributed by atoms with Gasteiger partial charge in [-0.3, -0.25) is 0 Å². The number of carboxylic acids is 1. The minimum atomic E-state index is -3.23. The molecule has 0 bridgehead atoms. The van der Waals surface area contributed by atoms with Crippen molar-refractivity contribution in [2.45, 2.75) is 6.43 Å². The molecular weight excluding hydrogens is 134 g/mol. The number of rotatable bonds is 1. The van der Waals surface area contributed by atoms with Gasteiger partial charge in [0.15, 0.2) is 0 Å². The van der Waals surface area contributed by atoms with Crippen LogP contribution in [0.5, 0.6) is 0 Å². The van der Waals surface area contributed by atoms with Crippen molar-refractivity contribution in [2.24, 2.45) is 0 Å². The van der Waals surface area contributed by atoms with Crippen molar-refractivity contribution in [3.63, 3.8) is 0 Å². The predicted octanol–water partition coefficient (Wildman–Crippen LogP) is -0.580. The first-order valence-electron chi connectivity index (χ1n) is 1.15. The van der Waals surface area contributed by atoms with Crippen LogP contribution in [0.25, 0.3) is 0 Å². The number of hydrogen-bond donors (Lipinski definition) is 1. The van der Waals surface area contributed by atoms with Crippen molar-refractivity contribution in [3.05, 3.63) is 0 Å². The average Bonchev–Trinajstić information content (AvgIpc) is 1.36. The van der Waals surface area contributed by atoms with Gasteiger partial charge in [-0.25, -0.2) is 4.79 Å². The summed E-state index contributed by atoms with van der Waals surface area (Å²) >= 11 is 0. The summed E-state index contributed by atoms with van der Waals surface area (Å²) in [5, 5.41) is 7.24. The van der Waals surface area contributed by atoms with Gasteiger partial charge in [0.2, 0.25) is 0 Å². The molecular formula is C2H4CaF2O2. The molecule has 0 aromatic rings. The molecule has 0 aliphatic carbocycles. The third kappa shape index (κ3) is 6.59. The van der Waals surface area contributed by atoms with E-state index in [-0.39, 0.29) is 37.7 Å². The molecule has 0 rings (SSSR count). The fourth-order valence-electron chi connectivity index (χ4n) is 0. The summed E-state index contributed by atoms with van der Waals surface area (Å²) in [6.45, 7) is 0. The molecule has 0 amide bonds. The van der Waals surface area contributed by atoms with Crippen molar-refractivity contribution in [2.75, 3.05) is 0 Å². The summed E-state index contributed by atoms with van der Waals surface area (Å²) in [7, 11) is 0. The molecule has 40 valence electrons. The van der Waals surface area contributed by atoms with Crippen LogP contribution in [0.1, 0.15) is 0 Å². The van der Waals surface area contributed by atoms with Gasteiger partial charge in [-0.15, -0.1) is 0 Å². The summed E-state index contributed by atoms with van der Waals surface area (Å²) in [6.07, 6.45) is -3.23. The fraction of sp³-hybridized carbons (Fsp3) is 0.500. The number of halogens is 2. The molecule has 0 unspecified atom stereocenters. The zero-order chi connectivity index (χ0) is 5.15. The van der Waals surface area contributed by atoms with Crippen molar-refractivity contribution in [1.29, 1.82) is 0 Å². The van der Waals surface area contributed by atoms with Crippen LogP contribution in [0.3, 0.4) is 0 Å². The van der Waals surface area contributed by atoms with Crippen molar-refractivity contribution >= 4 is 43.7 Å². The first kappa shape index (κ1) is 10.5. The van der Waals surface area contributed by atoms with E-state index >= 15 is 0 Å². The maximum absolute atomic E-state index is 10.6. The van der Waals surface area contributed by atoms with Crippen LogP contribution in [-0.4, -0.2) is 55.2 Å². The van der Waals surface area contributed by atoms with Crippen LogP contribution < -0.4 is 0 Å². The Labute approximate surface area is 68.5 Å². The molecule has 1 N–H and O–H groups in total. The Morgan fingerprint density at radius 1 is 1.57 bits per heavy atom. The van der Waals surface area contributed by atoms with Gasteiger partial charge in [0.05, 0.1) is 0 Å². The first-order valence-corrected chi connectivity index (χ1v) is 1.15. The second-order valence-electron chi connectivity index (χ2n) is 0.639. The molecule has 0 spiro atoms. The molecule has 2 nitrogen and oxygen atoms in total. The van der Waals surface area contributed by atoms with Gasteiger partial charge in [0.25, 0.3) is 0 Å². The topological polar surface area (TPSA) is 37.3 Å². The Kier molecular flexibility index (Phi) is 7.14. The zero-order valence-electron chi connectivity index (χ0n) is 2.69. The molecule has 0 radical (unpaired) electrons. The zero-order valence-corrected chi connectivity index (χ0v) is 2.69. The van der Waals surface area contributed by atoms with Gasteiger partial charge in [0, 0.05) is 0 Å². The average molecular weight is 138 g/mol. The Balaban J connectivity index is 0. The summed E-state index contributed by atoms with van der Waals surface area (Å²) < 4.78 is 21.1. The predicted molar refractivity (Wildman–Crippen MR) is 22.2 cm³/mol. The summed E-state index contributed by atoms with van der Waals surface area (Å²) in [6, 6.07) is 0. The standard InChI is InChI=1S/C2H2F2O2.Ca.2H/c3-1(4)2(5)6;;;/h1H,(H,5,6);;;. The normalized spacial score (nSPS) is 7.86. The van der Waals surface area contributed by atoms with Gasteiger partial charge in [0.1, 0.15) is 0 Å². The Morgan fingerprint density at radius 2 is 1.71 bits per heavy atom. The van der Waals surface area contributed by atoms with E-state index in [1.807, 2.05) is 0 Å². The molecule has 5 heteroatoms. The van der Waals surface area contributed by atoms with Gasteiger partial charge < -0.3 is 5.11 Å². The van der Waals surface area contributed by atoms with E-state index in [9.17, 15) is 8.78 Å². The van der Waals surface area contributed by atoms with Crippen LogP contribution in [-0.2, 0) is 4.79 Å². The molecule has 0 aromatic heterocycles. The van der Waals surface area contributed by atoms with Gasteiger partial charge in [-0.2, -0.15) is 8.78 Å². The quantitative estimate of drug-likeness (QED) is 0.492. The number of hydrogen-bond acceptors (Lipinski definition) is 1. The van der Waals surface area contributed by atoms with E-state index in [2.05, 4.69) is 0 Å².